The minimum Gasteiger partial charge on any atom is -0.337 e. The number of hydrogen-bond acceptors (Lipinski definition) is 5. The van der Waals surface area contributed by atoms with Gasteiger partial charge in [0.25, 0.3) is 5.91 Å². The molecule has 0 N–H and O–H groups in total. The van der Waals surface area contributed by atoms with Crippen LogP contribution in [0, 0.1) is 6.92 Å². The number of pyridine rings is 1. The Morgan fingerprint density at radius 1 is 1.28 bits per heavy atom. The summed E-state index contributed by atoms with van der Waals surface area (Å²) >= 11 is 0. The lowest BCUT2D eigenvalue weighted by Gasteiger charge is -2.19. The van der Waals surface area contributed by atoms with Crippen LogP contribution in [0.3, 0.4) is 0 Å². The molecule has 130 valence electrons. The molecule has 6 heteroatoms. The topological polar surface area (TPSA) is 72.1 Å². The molecule has 2 heterocycles. The molecule has 0 radical (unpaired) electrons. The van der Waals surface area contributed by atoms with Crippen LogP contribution in [-0.2, 0) is 6.54 Å². The van der Waals surface area contributed by atoms with E-state index in [4.69, 9.17) is 4.52 Å². The quantitative estimate of drug-likeness (QED) is 0.709. The number of carbonyl (C=O) groups is 1. The average Bonchev–Trinajstić information content (AvgIpc) is 3.07. The van der Waals surface area contributed by atoms with Crippen LogP contribution in [0.25, 0.3) is 10.9 Å². The molecule has 0 saturated carbocycles. The van der Waals surface area contributed by atoms with Crippen LogP contribution in [0.15, 0.2) is 35.0 Å². The minimum absolute atomic E-state index is 0.0650. The van der Waals surface area contributed by atoms with Crippen molar-refractivity contribution in [3.8, 4) is 0 Å². The summed E-state index contributed by atoms with van der Waals surface area (Å²) in [5.41, 5.74) is 2.54. The maximum atomic E-state index is 13.1. The van der Waals surface area contributed by atoms with Crippen molar-refractivity contribution >= 4 is 16.8 Å². The van der Waals surface area contributed by atoms with Gasteiger partial charge in [-0.2, -0.15) is 4.98 Å². The molecule has 0 saturated heterocycles. The Morgan fingerprint density at radius 2 is 2.08 bits per heavy atom. The minimum atomic E-state index is -0.0650. The van der Waals surface area contributed by atoms with Gasteiger partial charge in [0.05, 0.1) is 11.1 Å². The van der Waals surface area contributed by atoms with E-state index in [0.29, 0.717) is 30.4 Å². The number of benzene rings is 1. The lowest BCUT2D eigenvalue weighted by molar-refractivity contribution is 0.0736. The van der Waals surface area contributed by atoms with Crippen molar-refractivity contribution < 1.29 is 9.32 Å². The van der Waals surface area contributed by atoms with Gasteiger partial charge >= 0.3 is 0 Å². The fourth-order valence-corrected chi connectivity index (χ4v) is 2.67. The molecule has 0 aliphatic rings. The molecule has 0 fully saturated rings. The summed E-state index contributed by atoms with van der Waals surface area (Å²) in [6.45, 7) is 8.79. The van der Waals surface area contributed by atoms with E-state index in [1.165, 1.54) is 0 Å². The zero-order valence-corrected chi connectivity index (χ0v) is 15.0. The number of aryl methyl sites for hydroxylation is 1. The van der Waals surface area contributed by atoms with E-state index in [9.17, 15) is 4.79 Å². The molecule has 3 rings (SSSR count). The second-order valence-electron chi connectivity index (χ2n) is 6.40. The first-order chi connectivity index (χ1) is 12.0. The van der Waals surface area contributed by atoms with Gasteiger partial charge in [0.1, 0.15) is 6.54 Å². The van der Waals surface area contributed by atoms with Gasteiger partial charge in [-0.3, -0.25) is 9.78 Å². The van der Waals surface area contributed by atoms with Gasteiger partial charge < -0.3 is 9.42 Å². The highest BCUT2D eigenvalue weighted by Crippen LogP contribution is 2.21. The van der Waals surface area contributed by atoms with E-state index in [1.807, 2.05) is 45.9 Å². The molecule has 3 aromatic rings. The van der Waals surface area contributed by atoms with Gasteiger partial charge in [-0.25, -0.2) is 0 Å². The van der Waals surface area contributed by atoms with E-state index in [-0.39, 0.29) is 11.8 Å². The molecule has 1 aromatic carbocycles. The average molecular weight is 338 g/mol. The molecule has 0 unspecified atom stereocenters. The van der Waals surface area contributed by atoms with Crippen molar-refractivity contribution in [1.29, 1.82) is 0 Å². The molecule has 25 heavy (non-hydrogen) atoms. The zero-order chi connectivity index (χ0) is 18.0. The molecular formula is C19H22N4O2. The number of hydrogen-bond donors (Lipinski definition) is 0. The van der Waals surface area contributed by atoms with Crippen molar-refractivity contribution in [2.24, 2.45) is 0 Å². The summed E-state index contributed by atoms with van der Waals surface area (Å²) < 4.78 is 5.28. The van der Waals surface area contributed by atoms with Crippen LogP contribution < -0.4 is 0 Å². The molecule has 0 spiro atoms. The summed E-state index contributed by atoms with van der Waals surface area (Å²) in [6, 6.07) is 7.69. The predicted octanol–water partition coefficient (Wildman–Crippen LogP) is 3.71. The van der Waals surface area contributed by atoms with E-state index in [2.05, 4.69) is 15.1 Å². The van der Waals surface area contributed by atoms with Crippen molar-refractivity contribution in [1.82, 2.24) is 20.0 Å². The van der Waals surface area contributed by atoms with Crippen LogP contribution in [0.2, 0.25) is 0 Å². The second-order valence-corrected chi connectivity index (χ2v) is 6.40. The Morgan fingerprint density at radius 3 is 2.76 bits per heavy atom. The molecular weight excluding hydrogens is 316 g/mol. The van der Waals surface area contributed by atoms with Crippen molar-refractivity contribution in [2.75, 3.05) is 6.54 Å². The largest absolute Gasteiger partial charge is 0.337 e. The summed E-state index contributed by atoms with van der Waals surface area (Å²) in [4.78, 5) is 23.5. The first kappa shape index (κ1) is 17.1. The first-order valence-electron chi connectivity index (χ1n) is 8.46. The van der Waals surface area contributed by atoms with Crippen molar-refractivity contribution in [3.05, 3.63) is 53.3 Å². The number of rotatable bonds is 5. The number of amides is 1. The van der Waals surface area contributed by atoms with Crippen LogP contribution in [0.1, 0.15) is 54.3 Å². The molecule has 0 atom stereocenters. The zero-order valence-electron chi connectivity index (χ0n) is 15.0. The molecule has 0 aliphatic heterocycles. The summed E-state index contributed by atoms with van der Waals surface area (Å²) in [5, 5.41) is 4.82. The normalized spacial score (nSPS) is 11.2. The molecule has 1 amide bonds. The Balaban J connectivity index is 1.91. The lowest BCUT2D eigenvalue weighted by atomic mass is 10.1. The van der Waals surface area contributed by atoms with Gasteiger partial charge in [0, 0.05) is 24.0 Å². The summed E-state index contributed by atoms with van der Waals surface area (Å²) in [7, 11) is 0. The molecule has 6 nitrogen and oxygen atoms in total. The first-order valence-corrected chi connectivity index (χ1v) is 8.46. The summed E-state index contributed by atoms with van der Waals surface area (Å²) in [6.07, 6.45) is 1.67. The van der Waals surface area contributed by atoms with Crippen LogP contribution in [0.4, 0.5) is 0 Å². The number of fused-ring (bicyclic) bond motifs is 1. The van der Waals surface area contributed by atoms with Crippen LogP contribution >= 0.6 is 0 Å². The van der Waals surface area contributed by atoms with Gasteiger partial charge in [-0.15, -0.1) is 0 Å². The highest BCUT2D eigenvalue weighted by Gasteiger charge is 2.20. The Kier molecular flexibility index (Phi) is 4.79. The van der Waals surface area contributed by atoms with E-state index in [0.717, 1.165) is 16.5 Å². The highest BCUT2D eigenvalue weighted by atomic mass is 16.5. The smallest absolute Gasteiger partial charge is 0.255 e. The van der Waals surface area contributed by atoms with Crippen molar-refractivity contribution in [3.63, 3.8) is 0 Å². The number of nitrogens with zero attached hydrogens (tertiary/aromatic N) is 4. The Bertz CT molecular complexity index is 901. The van der Waals surface area contributed by atoms with E-state index >= 15 is 0 Å². The highest BCUT2D eigenvalue weighted by molar-refractivity contribution is 6.06. The molecule has 0 bridgehead atoms. The van der Waals surface area contributed by atoms with Gasteiger partial charge in [-0.05, 0) is 32.0 Å². The van der Waals surface area contributed by atoms with Gasteiger partial charge in [0.2, 0.25) is 5.89 Å². The van der Waals surface area contributed by atoms with Crippen LogP contribution in [-0.4, -0.2) is 32.5 Å². The SMILES string of the molecule is CCN(Cc1nc(C(C)C)no1)C(=O)c1ccnc2ccc(C)cc12. The fourth-order valence-electron chi connectivity index (χ4n) is 2.67. The van der Waals surface area contributed by atoms with Crippen molar-refractivity contribution in [2.45, 2.75) is 40.2 Å². The second kappa shape index (κ2) is 7.01. The maximum Gasteiger partial charge on any atom is 0.255 e. The standard InChI is InChI=1S/C19H22N4O2/c1-5-23(11-17-21-18(12(2)3)22-25-17)19(24)14-8-9-20-16-7-6-13(4)10-15(14)16/h6-10,12H,5,11H2,1-4H3. The lowest BCUT2D eigenvalue weighted by Crippen LogP contribution is -2.30. The monoisotopic (exact) mass is 338 g/mol. The number of carbonyl (C=O) groups excluding carboxylic acids is 1. The maximum absolute atomic E-state index is 13.1. The van der Waals surface area contributed by atoms with Gasteiger partial charge in [-0.1, -0.05) is 30.6 Å². The molecule has 2 aromatic heterocycles. The third kappa shape index (κ3) is 3.52. The predicted molar refractivity (Wildman–Crippen MR) is 95.3 cm³/mol. The van der Waals surface area contributed by atoms with Crippen LogP contribution in [0.5, 0.6) is 0 Å². The number of aromatic nitrogens is 3. The Hall–Kier alpha value is -2.76. The third-order valence-electron chi connectivity index (χ3n) is 4.12. The summed E-state index contributed by atoms with van der Waals surface area (Å²) in [5.74, 6) is 1.23. The van der Waals surface area contributed by atoms with E-state index < -0.39 is 0 Å². The fraction of sp³-hybridized carbons (Fsp3) is 0.368. The van der Waals surface area contributed by atoms with E-state index in [1.54, 1.807) is 17.2 Å². The Labute approximate surface area is 146 Å². The van der Waals surface area contributed by atoms with Gasteiger partial charge in [0.15, 0.2) is 5.82 Å². The molecule has 0 aliphatic carbocycles. The third-order valence-corrected chi connectivity index (χ3v) is 4.12.